The van der Waals surface area contributed by atoms with Crippen molar-refractivity contribution in [3.63, 3.8) is 0 Å². The van der Waals surface area contributed by atoms with Crippen molar-refractivity contribution in [1.29, 1.82) is 0 Å². The molecule has 54 valence electrons. The summed E-state index contributed by atoms with van der Waals surface area (Å²) in [4.78, 5) is 11.7. The fourth-order valence-electron chi connectivity index (χ4n) is 0.707. The van der Waals surface area contributed by atoms with E-state index in [0.717, 1.165) is 12.8 Å². The Morgan fingerprint density at radius 3 is 2.44 bits per heavy atom. The molecule has 0 aromatic heterocycles. The van der Waals surface area contributed by atoms with Crippen molar-refractivity contribution in [2.24, 2.45) is 5.73 Å². The molecule has 9 heavy (non-hydrogen) atoms. The van der Waals surface area contributed by atoms with E-state index in [4.69, 9.17) is 5.73 Å². The molecule has 0 aromatic rings. The zero-order valence-electron chi connectivity index (χ0n) is 6.00. The van der Waals surface area contributed by atoms with Crippen LogP contribution >= 0.6 is 0 Å². The molecule has 0 radical (unpaired) electrons. The third-order valence-electron chi connectivity index (χ3n) is 1.49. The Kier molecular flexibility index (Phi) is 4.05. The summed E-state index contributed by atoms with van der Waals surface area (Å²) in [5.41, 5.74) is 5.36. The van der Waals surface area contributed by atoms with Crippen LogP contribution in [-0.4, -0.2) is 30.9 Å². The van der Waals surface area contributed by atoms with Crippen molar-refractivity contribution in [3.05, 3.63) is 0 Å². The van der Waals surface area contributed by atoms with Crippen molar-refractivity contribution >= 4 is 6.41 Å². The molecule has 1 unspecified atom stereocenters. The van der Waals surface area contributed by atoms with Gasteiger partial charge in [-0.1, -0.05) is 6.92 Å². The number of likely N-dealkylation sites (N-methyl/N-ethyl adjacent to an activating group) is 1. The zero-order chi connectivity index (χ0) is 7.28. The summed E-state index contributed by atoms with van der Waals surface area (Å²) in [6, 6.07) is 0.211. The topological polar surface area (TPSA) is 46.3 Å². The Bertz CT molecular complexity index is 81.1. The second kappa shape index (κ2) is 4.32. The summed E-state index contributed by atoms with van der Waals surface area (Å²) in [5.74, 6) is 0. The molecule has 0 bridgehead atoms. The summed E-state index contributed by atoms with van der Waals surface area (Å²) in [7, 11) is 1.74. The Balaban J connectivity index is 3.63. The number of hydrogen-bond donors (Lipinski definition) is 1. The molecule has 0 aliphatic heterocycles. The van der Waals surface area contributed by atoms with Gasteiger partial charge in [0.15, 0.2) is 0 Å². The molecule has 0 saturated carbocycles. The van der Waals surface area contributed by atoms with Gasteiger partial charge in [-0.3, -0.25) is 4.79 Å². The molecule has 0 saturated heterocycles. The predicted molar refractivity (Wildman–Crippen MR) is 37.0 cm³/mol. The summed E-state index contributed by atoms with van der Waals surface area (Å²) in [5, 5.41) is 0. The fraction of sp³-hybridized carbons (Fsp3) is 0.833. The number of carbonyl (C=O) groups is 1. The van der Waals surface area contributed by atoms with Crippen LogP contribution in [0.2, 0.25) is 0 Å². The van der Waals surface area contributed by atoms with E-state index in [0.29, 0.717) is 6.54 Å². The van der Waals surface area contributed by atoms with Crippen molar-refractivity contribution in [3.8, 4) is 0 Å². The first kappa shape index (κ1) is 8.43. The average Bonchev–Trinajstić information content (AvgIpc) is 1.90. The minimum Gasteiger partial charge on any atom is -0.344 e. The zero-order valence-corrected chi connectivity index (χ0v) is 6.00. The van der Waals surface area contributed by atoms with Gasteiger partial charge in [0.05, 0.1) is 0 Å². The number of carbonyl (C=O) groups excluding carboxylic acids is 1. The second-order valence-corrected chi connectivity index (χ2v) is 2.07. The maximum absolute atomic E-state index is 10.1. The maximum Gasteiger partial charge on any atom is 0.209 e. The van der Waals surface area contributed by atoms with Gasteiger partial charge in [-0.05, 0) is 6.42 Å². The lowest BCUT2D eigenvalue weighted by molar-refractivity contribution is -0.118. The van der Waals surface area contributed by atoms with Gasteiger partial charge in [-0.2, -0.15) is 0 Å². The molecule has 3 nitrogen and oxygen atoms in total. The van der Waals surface area contributed by atoms with E-state index < -0.39 is 0 Å². The minimum absolute atomic E-state index is 0.211. The molecular weight excluding hydrogens is 116 g/mol. The van der Waals surface area contributed by atoms with Gasteiger partial charge in [0.2, 0.25) is 6.41 Å². The normalized spacial score (nSPS) is 12.8. The Morgan fingerprint density at radius 1 is 1.78 bits per heavy atom. The first-order valence-corrected chi connectivity index (χ1v) is 3.13. The molecule has 1 atom stereocenters. The van der Waals surface area contributed by atoms with Crippen LogP contribution < -0.4 is 5.73 Å². The summed E-state index contributed by atoms with van der Waals surface area (Å²) < 4.78 is 0. The second-order valence-electron chi connectivity index (χ2n) is 2.07. The molecule has 1 amide bonds. The minimum atomic E-state index is 0.211. The summed E-state index contributed by atoms with van der Waals surface area (Å²) in [6.07, 6.45) is 1.73. The molecule has 2 N–H and O–H groups in total. The van der Waals surface area contributed by atoms with Gasteiger partial charge >= 0.3 is 0 Å². The highest BCUT2D eigenvalue weighted by molar-refractivity contribution is 5.46. The molecule has 0 spiro atoms. The van der Waals surface area contributed by atoms with Gasteiger partial charge in [0.25, 0.3) is 0 Å². The Hall–Kier alpha value is -0.570. The molecule has 3 heteroatoms. The SMILES string of the molecule is CCC(CN)N(C)C=O. The Labute approximate surface area is 55.8 Å². The molecule has 0 aliphatic rings. The molecule has 0 rings (SSSR count). The average molecular weight is 130 g/mol. The lowest BCUT2D eigenvalue weighted by atomic mass is 10.2. The van der Waals surface area contributed by atoms with Crippen LogP contribution in [-0.2, 0) is 4.79 Å². The van der Waals surface area contributed by atoms with Crippen molar-refractivity contribution in [2.75, 3.05) is 13.6 Å². The van der Waals surface area contributed by atoms with Gasteiger partial charge in [-0.25, -0.2) is 0 Å². The number of nitrogens with two attached hydrogens (primary N) is 1. The van der Waals surface area contributed by atoms with Crippen molar-refractivity contribution < 1.29 is 4.79 Å². The first-order chi connectivity index (χ1) is 4.26. The summed E-state index contributed by atoms with van der Waals surface area (Å²) in [6.45, 7) is 2.56. The van der Waals surface area contributed by atoms with E-state index in [1.54, 1.807) is 11.9 Å². The number of amides is 1. The van der Waals surface area contributed by atoms with E-state index >= 15 is 0 Å². The number of rotatable bonds is 4. The van der Waals surface area contributed by atoms with Gasteiger partial charge in [0, 0.05) is 19.6 Å². The summed E-state index contributed by atoms with van der Waals surface area (Å²) >= 11 is 0. The van der Waals surface area contributed by atoms with Crippen LogP contribution in [0.1, 0.15) is 13.3 Å². The standard InChI is InChI=1S/C6H14N2O/c1-3-6(4-7)8(2)5-9/h5-6H,3-4,7H2,1-2H3. The first-order valence-electron chi connectivity index (χ1n) is 3.13. The third kappa shape index (κ3) is 2.46. The van der Waals surface area contributed by atoms with E-state index in [1.165, 1.54) is 0 Å². The molecule has 0 fully saturated rings. The van der Waals surface area contributed by atoms with Gasteiger partial charge in [0.1, 0.15) is 0 Å². The highest BCUT2D eigenvalue weighted by Crippen LogP contribution is 1.94. The van der Waals surface area contributed by atoms with E-state index in [2.05, 4.69) is 0 Å². The molecule has 0 aromatic carbocycles. The van der Waals surface area contributed by atoms with Crippen molar-refractivity contribution in [2.45, 2.75) is 19.4 Å². The molecule has 0 heterocycles. The smallest absolute Gasteiger partial charge is 0.209 e. The Morgan fingerprint density at radius 2 is 2.33 bits per heavy atom. The molecular formula is C6H14N2O. The largest absolute Gasteiger partial charge is 0.344 e. The van der Waals surface area contributed by atoms with Crippen molar-refractivity contribution in [1.82, 2.24) is 4.90 Å². The monoisotopic (exact) mass is 130 g/mol. The van der Waals surface area contributed by atoms with Crippen LogP contribution in [0.4, 0.5) is 0 Å². The van der Waals surface area contributed by atoms with Crippen LogP contribution in [0.15, 0.2) is 0 Å². The quantitative estimate of drug-likeness (QED) is 0.536. The van der Waals surface area contributed by atoms with Crippen LogP contribution in [0, 0.1) is 0 Å². The number of hydrogen-bond acceptors (Lipinski definition) is 2. The van der Waals surface area contributed by atoms with E-state index in [9.17, 15) is 4.79 Å². The lowest BCUT2D eigenvalue weighted by Gasteiger charge is -2.20. The van der Waals surface area contributed by atoms with Crippen LogP contribution in [0.5, 0.6) is 0 Å². The highest BCUT2D eigenvalue weighted by atomic mass is 16.1. The molecule has 0 aliphatic carbocycles. The number of nitrogens with zero attached hydrogens (tertiary/aromatic N) is 1. The van der Waals surface area contributed by atoms with Crippen LogP contribution in [0.3, 0.4) is 0 Å². The van der Waals surface area contributed by atoms with E-state index in [1.807, 2.05) is 6.92 Å². The lowest BCUT2D eigenvalue weighted by Crippen LogP contribution is -2.36. The van der Waals surface area contributed by atoms with E-state index in [-0.39, 0.29) is 6.04 Å². The van der Waals surface area contributed by atoms with Crippen LogP contribution in [0.25, 0.3) is 0 Å². The predicted octanol–water partition coefficient (Wildman–Crippen LogP) is -0.188. The third-order valence-corrected chi connectivity index (χ3v) is 1.49. The maximum atomic E-state index is 10.1. The van der Waals surface area contributed by atoms with Gasteiger partial charge < -0.3 is 10.6 Å². The fourth-order valence-corrected chi connectivity index (χ4v) is 0.707. The highest BCUT2D eigenvalue weighted by Gasteiger charge is 2.06. The van der Waals surface area contributed by atoms with Gasteiger partial charge in [-0.15, -0.1) is 0 Å².